The number of hydrogen-bond acceptors (Lipinski definition) is 5. The summed E-state index contributed by atoms with van der Waals surface area (Å²) in [6, 6.07) is 0. The lowest BCUT2D eigenvalue weighted by Gasteiger charge is -2.47. The summed E-state index contributed by atoms with van der Waals surface area (Å²) in [6.07, 6.45) is 5.29. The number of hydrogen-bond donors (Lipinski definition) is 0. The Morgan fingerprint density at radius 2 is 1.44 bits per heavy atom. The Morgan fingerprint density at radius 3 is 2.04 bits per heavy atom. The monoisotopic (exact) mass is 384 g/mol. The van der Waals surface area contributed by atoms with E-state index in [0.717, 1.165) is 78.2 Å². The molecule has 0 unspecified atom stereocenters. The van der Waals surface area contributed by atoms with Crippen LogP contribution < -0.4 is 0 Å². The van der Waals surface area contributed by atoms with Crippen molar-refractivity contribution in [2.75, 3.05) is 52.5 Å². The highest BCUT2D eigenvalue weighted by Crippen LogP contribution is 2.23. The molecule has 2 saturated heterocycles. The number of rotatable bonds is 10. The molecule has 0 spiro atoms. The van der Waals surface area contributed by atoms with Crippen molar-refractivity contribution in [1.82, 2.24) is 9.80 Å². The highest BCUT2D eigenvalue weighted by Gasteiger charge is 2.34. The Balaban J connectivity index is 1.37. The summed E-state index contributed by atoms with van der Waals surface area (Å²) in [5.41, 5.74) is 0.257. The van der Waals surface area contributed by atoms with Gasteiger partial charge in [-0.05, 0) is 67.2 Å². The van der Waals surface area contributed by atoms with Crippen LogP contribution in [-0.2, 0) is 14.2 Å². The predicted octanol–water partition coefficient (Wildman–Crippen LogP) is 3.56. The normalized spacial score (nSPS) is 21.6. The van der Waals surface area contributed by atoms with E-state index in [0.29, 0.717) is 12.2 Å². The van der Waals surface area contributed by atoms with Gasteiger partial charge in [-0.15, -0.1) is 0 Å². The van der Waals surface area contributed by atoms with Gasteiger partial charge >= 0.3 is 0 Å². The first-order valence-electron chi connectivity index (χ1n) is 11.0. The van der Waals surface area contributed by atoms with Crippen molar-refractivity contribution in [3.05, 3.63) is 0 Å². The summed E-state index contributed by atoms with van der Waals surface area (Å²) in [4.78, 5) is 5.01. The van der Waals surface area contributed by atoms with Gasteiger partial charge in [0, 0.05) is 58.1 Å². The Labute approximate surface area is 167 Å². The fourth-order valence-corrected chi connectivity index (χ4v) is 3.75. The lowest BCUT2D eigenvalue weighted by molar-refractivity contribution is -0.0917. The standard InChI is InChI=1S/C22H44N2O3/c1-21(2,3)24-17-20(18-24)26-16-8-15-25-14-7-11-23-12-9-19(10-13-23)27-22(4,5)6/h19-20H,7-18H2,1-6H3. The van der Waals surface area contributed by atoms with Gasteiger partial charge in [0.15, 0.2) is 0 Å². The van der Waals surface area contributed by atoms with Crippen LogP contribution in [0.1, 0.15) is 67.2 Å². The van der Waals surface area contributed by atoms with Crippen molar-refractivity contribution in [2.45, 2.75) is 90.6 Å². The molecule has 0 saturated carbocycles. The van der Waals surface area contributed by atoms with Crippen LogP contribution in [0.15, 0.2) is 0 Å². The predicted molar refractivity (Wildman–Crippen MR) is 111 cm³/mol. The van der Waals surface area contributed by atoms with Crippen molar-refractivity contribution in [1.29, 1.82) is 0 Å². The van der Waals surface area contributed by atoms with Gasteiger partial charge in [-0.1, -0.05) is 0 Å². The minimum atomic E-state index is -0.0188. The minimum absolute atomic E-state index is 0.0188. The summed E-state index contributed by atoms with van der Waals surface area (Å²) < 4.78 is 17.8. The zero-order valence-electron chi connectivity index (χ0n) is 18.8. The highest BCUT2D eigenvalue weighted by atomic mass is 16.5. The van der Waals surface area contributed by atoms with Crippen molar-refractivity contribution in [3.63, 3.8) is 0 Å². The van der Waals surface area contributed by atoms with Gasteiger partial charge < -0.3 is 19.1 Å². The zero-order chi connectivity index (χ0) is 19.9. The molecule has 2 rings (SSSR count). The molecule has 0 N–H and O–H groups in total. The Morgan fingerprint density at radius 1 is 0.815 bits per heavy atom. The average molecular weight is 385 g/mol. The van der Waals surface area contributed by atoms with Crippen molar-refractivity contribution in [2.24, 2.45) is 0 Å². The van der Waals surface area contributed by atoms with Gasteiger partial charge in [0.05, 0.1) is 17.8 Å². The van der Waals surface area contributed by atoms with Crippen LogP contribution in [0.5, 0.6) is 0 Å². The van der Waals surface area contributed by atoms with Crippen LogP contribution in [0.4, 0.5) is 0 Å². The quantitative estimate of drug-likeness (QED) is 0.538. The summed E-state index contributed by atoms with van der Waals surface area (Å²) in [6.45, 7) is 21.3. The summed E-state index contributed by atoms with van der Waals surface area (Å²) in [5.74, 6) is 0. The second kappa shape index (κ2) is 10.5. The Bertz CT molecular complexity index is 403. The Kier molecular flexibility index (Phi) is 9.01. The van der Waals surface area contributed by atoms with Gasteiger partial charge in [0.1, 0.15) is 0 Å². The van der Waals surface area contributed by atoms with Crippen molar-refractivity contribution >= 4 is 0 Å². The van der Waals surface area contributed by atoms with E-state index < -0.39 is 0 Å². The molecule has 5 nitrogen and oxygen atoms in total. The van der Waals surface area contributed by atoms with Crippen LogP contribution in [0.25, 0.3) is 0 Å². The molecule has 2 aliphatic heterocycles. The number of nitrogens with zero attached hydrogens (tertiary/aromatic N) is 2. The lowest BCUT2D eigenvalue weighted by Crippen LogP contribution is -2.59. The molecule has 2 fully saturated rings. The molecule has 160 valence electrons. The van der Waals surface area contributed by atoms with E-state index in [2.05, 4.69) is 51.3 Å². The molecule has 0 radical (unpaired) electrons. The van der Waals surface area contributed by atoms with Gasteiger partial charge in [0.25, 0.3) is 0 Å². The molecule has 2 heterocycles. The maximum atomic E-state index is 6.09. The lowest BCUT2D eigenvalue weighted by atomic mass is 9.99. The van der Waals surface area contributed by atoms with Crippen LogP contribution >= 0.6 is 0 Å². The molecule has 0 aromatic heterocycles. The third kappa shape index (κ3) is 9.23. The second-order valence-corrected chi connectivity index (χ2v) is 10.2. The van der Waals surface area contributed by atoms with Crippen molar-refractivity contribution in [3.8, 4) is 0 Å². The molecule has 0 bridgehead atoms. The molecule has 5 heteroatoms. The number of ether oxygens (including phenoxy) is 3. The maximum absolute atomic E-state index is 6.09. The zero-order valence-corrected chi connectivity index (χ0v) is 18.8. The smallest absolute Gasteiger partial charge is 0.0829 e. The Hall–Kier alpha value is -0.200. The molecule has 0 aromatic rings. The SMILES string of the molecule is CC(C)(C)OC1CCN(CCCOCCCOC2CN(C(C)(C)C)C2)CC1. The molecule has 0 aromatic carbocycles. The van der Waals surface area contributed by atoms with Crippen LogP contribution in [-0.4, -0.2) is 85.7 Å². The van der Waals surface area contributed by atoms with Gasteiger partial charge in [0.2, 0.25) is 0 Å². The van der Waals surface area contributed by atoms with E-state index in [4.69, 9.17) is 14.2 Å². The van der Waals surface area contributed by atoms with E-state index >= 15 is 0 Å². The van der Waals surface area contributed by atoms with Gasteiger partial charge in [-0.2, -0.15) is 0 Å². The average Bonchev–Trinajstić information content (AvgIpc) is 2.50. The maximum Gasteiger partial charge on any atom is 0.0829 e. The fourth-order valence-electron chi connectivity index (χ4n) is 3.75. The largest absolute Gasteiger partial charge is 0.381 e. The first-order chi connectivity index (χ1) is 12.6. The first-order valence-corrected chi connectivity index (χ1v) is 11.0. The molecule has 2 aliphatic rings. The molecular formula is C22H44N2O3. The van der Waals surface area contributed by atoms with Gasteiger partial charge in [-0.25, -0.2) is 0 Å². The van der Waals surface area contributed by atoms with E-state index in [-0.39, 0.29) is 11.1 Å². The number of piperidine rings is 1. The summed E-state index contributed by atoms with van der Waals surface area (Å²) in [5, 5.41) is 0. The second-order valence-electron chi connectivity index (χ2n) is 10.2. The highest BCUT2D eigenvalue weighted by molar-refractivity contribution is 4.89. The van der Waals surface area contributed by atoms with E-state index in [1.807, 2.05) is 0 Å². The van der Waals surface area contributed by atoms with E-state index in [9.17, 15) is 0 Å². The van der Waals surface area contributed by atoms with Crippen molar-refractivity contribution < 1.29 is 14.2 Å². The number of likely N-dealkylation sites (tertiary alicyclic amines) is 2. The van der Waals surface area contributed by atoms with Crippen LogP contribution in [0.3, 0.4) is 0 Å². The molecule has 0 atom stereocenters. The van der Waals surface area contributed by atoms with E-state index in [1.54, 1.807) is 0 Å². The third-order valence-electron chi connectivity index (χ3n) is 5.40. The molecule has 0 aliphatic carbocycles. The molecule has 0 amide bonds. The molecule has 27 heavy (non-hydrogen) atoms. The topological polar surface area (TPSA) is 34.2 Å². The van der Waals surface area contributed by atoms with Gasteiger partial charge in [-0.3, -0.25) is 4.90 Å². The molecular weight excluding hydrogens is 340 g/mol. The van der Waals surface area contributed by atoms with Crippen LogP contribution in [0, 0.1) is 0 Å². The first kappa shape index (κ1) is 23.1. The summed E-state index contributed by atoms with van der Waals surface area (Å²) in [7, 11) is 0. The minimum Gasteiger partial charge on any atom is -0.381 e. The van der Waals surface area contributed by atoms with Crippen LogP contribution in [0.2, 0.25) is 0 Å². The fraction of sp³-hybridized carbons (Fsp3) is 1.00. The van der Waals surface area contributed by atoms with E-state index in [1.165, 1.54) is 0 Å². The summed E-state index contributed by atoms with van der Waals surface area (Å²) >= 11 is 0. The third-order valence-corrected chi connectivity index (χ3v) is 5.40.